The van der Waals surface area contributed by atoms with E-state index in [1.165, 1.54) is 19.3 Å². The second-order valence-electron chi connectivity index (χ2n) is 3.86. The lowest BCUT2D eigenvalue weighted by Crippen LogP contribution is -2.43. The van der Waals surface area contributed by atoms with Gasteiger partial charge in [0.1, 0.15) is 0 Å². The first-order valence-corrected chi connectivity index (χ1v) is 6.35. The molecule has 7 heteroatoms. The number of nitrogens with one attached hydrogen (secondary N) is 1. The zero-order valence-corrected chi connectivity index (χ0v) is 12.1. The molecule has 1 amide bonds. The number of methoxy groups -OCH3 is 1. The molecule has 5 nitrogen and oxygen atoms in total. The molecule has 0 saturated carbocycles. The number of ether oxygens (including phenoxy) is 1. The Kier molecular flexibility index (Phi) is 6.51. The van der Waals surface area contributed by atoms with E-state index in [1.807, 2.05) is 0 Å². The summed E-state index contributed by atoms with van der Waals surface area (Å²) in [6, 6.07) is 3.79. The molecular formula is C13H13Cl2NO4. The molecular weight excluding hydrogens is 305 g/mol. The highest BCUT2D eigenvalue weighted by Crippen LogP contribution is 2.22. The molecule has 0 bridgehead atoms. The van der Waals surface area contributed by atoms with Crippen molar-refractivity contribution < 1.29 is 19.4 Å². The number of hydrogen-bond donors (Lipinski definition) is 2. The molecule has 0 spiro atoms. The van der Waals surface area contributed by atoms with Crippen molar-refractivity contribution in [3.8, 4) is 0 Å². The molecule has 0 aliphatic heterocycles. The van der Waals surface area contributed by atoms with Gasteiger partial charge in [0.05, 0.1) is 16.7 Å². The molecule has 20 heavy (non-hydrogen) atoms. The van der Waals surface area contributed by atoms with E-state index in [9.17, 15) is 9.59 Å². The Morgan fingerprint density at radius 1 is 1.40 bits per heavy atom. The lowest BCUT2D eigenvalue weighted by atomic mass is 10.2. The van der Waals surface area contributed by atoms with E-state index in [1.54, 1.807) is 18.2 Å². The zero-order chi connectivity index (χ0) is 15.1. The molecule has 1 unspecified atom stereocenters. The van der Waals surface area contributed by atoms with Gasteiger partial charge in [-0.25, -0.2) is 4.79 Å². The van der Waals surface area contributed by atoms with Gasteiger partial charge in [-0.05, 0) is 23.8 Å². The number of halogens is 2. The number of carbonyl (C=O) groups excluding carboxylic acids is 1. The van der Waals surface area contributed by atoms with Gasteiger partial charge in [0.2, 0.25) is 5.91 Å². The molecule has 0 aromatic heterocycles. The smallest absolute Gasteiger partial charge is 0.328 e. The normalized spacial score (nSPS) is 12.3. The Labute approximate surface area is 126 Å². The third-order valence-electron chi connectivity index (χ3n) is 2.32. The number of carboxylic acid groups (broad SMARTS) is 1. The van der Waals surface area contributed by atoms with E-state index in [2.05, 4.69) is 5.32 Å². The van der Waals surface area contributed by atoms with Crippen LogP contribution in [0, 0.1) is 0 Å². The van der Waals surface area contributed by atoms with Gasteiger partial charge < -0.3 is 15.2 Å². The van der Waals surface area contributed by atoms with Crippen LogP contribution in [0.4, 0.5) is 0 Å². The van der Waals surface area contributed by atoms with Crippen LogP contribution in [0.15, 0.2) is 24.3 Å². The van der Waals surface area contributed by atoms with Crippen LogP contribution < -0.4 is 5.32 Å². The van der Waals surface area contributed by atoms with Gasteiger partial charge in [0, 0.05) is 13.2 Å². The molecule has 0 aliphatic rings. The third-order valence-corrected chi connectivity index (χ3v) is 3.06. The van der Waals surface area contributed by atoms with Gasteiger partial charge in [-0.1, -0.05) is 29.3 Å². The van der Waals surface area contributed by atoms with Crippen LogP contribution in [0.1, 0.15) is 5.56 Å². The van der Waals surface area contributed by atoms with Gasteiger partial charge in [-0.3, -0.25) is 4.79 Å². The first-order valence-electron chi connectivity index (χ1n) is 5.59. The maximum atomic E-state index is 11.6. The van der Waals surface area contributed by atoms with Crippen molar-refractivity contribution >= 4 is 41.2 Å². The monoisotopic (exact) mass is 317 g/mol. The summed E-state index contributed by atoms with van der Waals surface area (Å²) in [5.74, 6) is -1.70. The molecule has 0 fully saturated rings. The molecule has 0 aliphatic carbocycles. The van der Waals surface area contributed by atoms with Gasteiger partial charge >= 0.3 is 5.97 Å². The SMILES string of the molecule is COCC(NC(=O)/C=C/c1ccc(Cl)c(Cl)c1)C(=O)O. The molecule has 2 N–H and O–H groups in total. The number of carbonyl (C=O) groups is 2. The minimum atomic E-state index is -1.16. The maximum absolute atomic E-state index is 11.6. The topological polar surface area (TPSA) is 75.6 Å². The second kappa shape index (κ2) is 7.89. The van der Waals surface area contributed by atoms with Crippen molar-refractivity contribution in [3.63, 3.8) is 0 Å². The van der Waals surface area contributed by atoms with Crippen LogP contribution in [0.5, 0.6) is 0 Å². The summed E-state index contributed by atoms with van der Waals surface area (Å²) in [5.41, 5.74) is 0.674. The highest BCUT2D eigenvalue weighted by molar-refractivity contribution is 6.42. The number of carboxylic acids is 1. The quantitative estimate of drug-likeness (QED) is 0.789. The van der Waals surface area contributed by atoms with Gasteiger partial charge in [0.25, 0.3) is 0 Å². The summed E-state index contributed by atoms with van der Waals surface area (Å²) in [5, 5.41) is 11.9. The standard InChI is InChI=1S/C13H13Cl2NO4/c1-20-7-11(13(18)19)16-12(17)5-3-8-2-4-9(14)10(15)6-8/h2-6,11H,7H2,1H3,(H,16,17)(H,18,19)/b5-3+. The molecule has 1 atom stereocenters. The van der Waals surface area contributed by atoms with Crippen molar-refractivity contribution in [2.45, 2.75) is 6.04 Å². The zero-order valence-electron chi connectivity index (χ0n) is 10.6. The average Bonchev–Trinajstić information content (AvgIpc) is 2.39. The Hall–Kier alpha value is -1.56. The lowest BCUT2D eigenvalue weighted by Gasteiger charge is -2.11. The molecule has 1 aromatic carbocycles. The van der Waals surface area contributed by atoms with E-state index in [0.29, 0.717) is 15.6 Å². The highest BCUT2D eigenvalue weighted by Gasteiger charge is 2.18. The lowest BCUT2D eigenvalue weighted by molar-refractivity contribution is -0.142. The summed E-state index contributed by atoms with van der Waals surface area (Å²) >= 11 is 11.6. The summed E-state index contributed by atoms with van der Waals surface area (Å²) in [6.45, 7) is -0.109. The Morgan fingerprint density at radius 3 is 2.65 bits per heavy atom. The number of benzene rings is 1. The fraction of sp³-hybridized carbons (Fsp3) is 0.231. The fourth-order valence-electron chi connectivity index (χ4n) is 1.35. The molecule has 0 heterocycles. The van der Waals surface area contributed by atoms with Crippen molar-refractivity contribution in [1.82, 2.24) is 5.32 Å². The molecule has 108 valence electrons. The first-order chi connectivity index (χ1) is 9.43. The maximum Gasteiger partial charge on any atom is 0.328 e. The van der Waals surface area contributed by atoms with Crippen molar-refractivity contribution in [2.24, 2.45) is 0 Å². The Morgan fingerprint density at radius 2 is 2.10 bits per heavy atom. The average molecular weight is 318 g/mol. The fourth-order valence-corrected chi connectivity index (χ4v) is 1.66. The summed E-state index contributed by atoms with van der Waals surface area (Å²) < 4.78 is 4.71. The van der Waals surface area contributed by atoms with E-state index in [0.717, 1.165) is 0 Å². The number of amides is 1. The molecule has 0 saturated heterocycles. The minimum absolute atomic E-state index is 0.109. The largest absolute Gasteiger partial charge is 0.480 e. The van der Waals surface area contributed by atoms with E-state index in [-0.39, 0.29) is 6.61 Å². The van der Waals surface area contributed by atoms with E-state index >= 15 is 0 Å². The summed E-state index contributed by atoms with van der Waals surface area (Å²) in [7, 11) is 1.35. The predicted molar refractivity (Wildman–Crippen MR) is 76.9 cm³/mol. The third kappa shape index (κ3) is 5.21. The van der Waals surface area contributed by atoms with Crippen LogP contribution in [0.25, 0.3) is 6.08 Å². The van der Waals surface area contributed by atoms with E-state index < -0.39 is 17.9 Å². The van der Waals surface area contributed by atoms with Crippen molar-refractivity contribution in [3.05, 3.63) is 39.9 Å². The van der Waals surface area contributed by atoms with E-state index in [4.69, 9.17) is 33.0 Å². The Bertz CT molecular complexity index is 531. The van der Waals surface area contributed by atoms with Crippen LogP contribution in [-0.4, -0.2) is 36.7 Å². The molecule has 1 aromatic rings. The summed E-state index contributed by atoms with van der Waals surface area (Å²) in [4.78, 5) is 22.4. The van der Waals surface area contributed by atoms with Crippen LogP contribution >= 0.6 is 23.2 Å². The number of rotatable bonds is 6. The Balaban J connectivity index is 2.67. The van der Waals surface area contributed by atoms with Crippen LogP contribution in [0.2, 0.25) is 10.0 Å². The second-order valence-corrected chi connectivity index (χ2v) is 4.68. The van der Waals surface area contributed by atoms with Gasteiger partial charge in [-0.2, -0.15) is 0 Å². The molecule has 0 radical (unpaired) electrons. The number of aliphatic carboxylic acids is 1. The van der Waals surface area contributed by atoms with Crippen molar-refractivity contribution in [2.75, 3.05) is 13.7 Å². The summed E-state index contributed by atoms with van der Waals surface area (Å²) in [6.07, 6.45) is 2.72. The van der Waals surface area contributed by atoms with Crippen LogP contribution in [-0.2, 0) is 14.3 Å². The minimum Gasteiger partial charge on any atom is -0.480 e. The van der Waals surface area contributed by atoms with Crippen LogP contribution in [0.3, 0.4) is 0 Å². The molecule has 1 rings (SSSR count). The van der Waals surface area contributed by atoms with Gasteiger partial charge in [-0.15, -0.1) is 0 Å². The predicted octanol–water partition coefficient (Wildman–Crippen LogP) is 2.22. The van der Waals surface area contributed by atoms with Gasteiger partial charge in [0.15, 0.2) is 6.04 Å². The van der Waals surface area contributed by atoms with Crippen molar-refractivity contribution in [1.29, 1.82) is 0 Å². The first kappa shape index (κ1) is 16.5. The number of hydrogen-bond acceptors (Lipinski definition) is 3. The highest BCUT2D eigenvalue weighted by atomic mass is 35.5.